The molecule has 0 aliphatic carbocycles. The van der Waals surface area contributed by atoms with Crippen molar-refractivity contribution in [2.45, 2.75) is 39.2 Å². The van der Waals surface area contributed by atoms with Gasteiger partial charge in [-0.3, -0.25) is 0 Å². The third-order valence-corrected chi connectivity index (χ3v) is 2.79. The van der Waals surface area contributed by atoms with Gasteiger partial charge < -0.3 is 9.88 Å². The van der Waals surface area contributed by atoms with Crippen LogP contribution in [0.15, 0.2) is 12.4 Å². The predicted molar refractivity (Wildman–Crippen MR) is 63.7 cm³/mol. The van der Waals surface area contributed by atoms with E-state index in [-0.39, 0.29) is 0 Å². The second-order valence-electron chi connectivity index (χ2n) is 4.56. The molecule has 0 radical (unpaired) electrons. The van der Waals surface area contributed by atoms with E-state index in [4.69, 9.17) is 0 Å². The SMILES string of the molecule is CNC(CCCC(C)C)c1nccn1C. The van der Waals surface area contributed by atoms with Gasteiger partial charge in [-0.2, -0.15) is 0 Å². The molecule has 0 fully saturated rings. The van der Waals surface area contributed by atoms with E-state index in [1.54, 1.807) is 0 Å². The number of rotatable bonds is 6. The van der Waals surface area contributed by atoms with Crippen molar-refractivity contribution < 1.29 is 0 Å². The first-order chi connectivity index (χ1) is 7.15. The summed E-state index contributed by atoms with van der Waals surface area (Å²) >= 11 is 0. The Morgan fingerprint density at radius 1 is 1.40 bits per heavy atom. The normalized spacial score (nSPS) is 13.4. The Kier molecular flexibility index (Phi) is 4.82. The van der Waals surface area contributed by atoms with Crippen molar-refractivity contribution in [1.82, 2.24) is 14.9 Å². The first kappa shape index (κ1) is 12.2. The molecule has 1 aromatic heterocycles. The molecular weight excluding hydrogens is 186 g/mol. The van der Waals surface area contributed by atoms with E-state index in [1.807, 2.05) is 19.4 Å². The third kappa shape index (κ3) is 3.67. The van der Waals surface area contributed by atoms with Gasteiger partial charge in [-0.25, -0.2) is 4.98 Å². The summed E-state index contributed by atoms with van der Waals surface area (Å²) in [4.78, 5) is 4.39. The van der Waals surface area contributed by atoms with Crippen LogP contribution in [0.3, 0.4) is 0 Å². The van der Waals surface area contributed by atoms with Gasteiger partial charge in [0.25, 0.3) is 0 Å². The average Bonchev–Trinajstić information content (AvgIpc) is 2.59. The van der Waals surface area contributed by atoms with E-state index in [9.17, 15) is 0 Å². The molecule has 0 aromatic carbocycles. The van der Waals surface area contributed by atoms with E-state index in [2.05, 4.69) is 35.8 Å². The van der Waals surface area contributed by atoms with Crippen LogP contribution in [0.2, 0.25) is 0 Å². The van der Waals surface area contributed by atoms with Gasteiger partial charge in [0.15, 0.2) is 0 Å². The molecule has 0 aliphatic heterocycles. The minimum atomic E-state index is 0.392. The van der Waals surface area contributed by atoms with Gasteiger partial charge in [-0.1, -0.05) is 26.7 Å². The van der Waals surface area contributed by atoms with E-state index in [0.29, 0.717) is 6.04 Å². The average molecular weight is 209 g/mol. The number of hydrogen-bond donors (Lipinski definition) is 1. The summed E-state index contributed by atoms with van der Waals surface area (Å²) < 4.78 is 2.09. The number of imidazole rings is 1. The van der Waals surface area contributed by atoms with Crippen LogP contribution < -0.4 is 5.32 Å². The highest BCUT2D eigenvalue weighted by atomic mass is 15.1. The molecule has 86 valence electrons. The molecule has 0 saturated carbocycles. The molecule has 1 N–H and O–H groups in total. The topological polar surface area (TPSA) is 29.9 Å². The van der Waals surface area contributed by atoms with Crippen LogP contribution in [-0.2, 0) is 7.05 Å². The Labute approximate surface area is 92.9 Å². The van der Waals surface area contributed by atoms with Gasteiger partial charge in [0.1, 0.15) is 5.82 Å². The number of nitrogens with zero attached hydrogens (tertiary/aromatic N) is 2. The van der Waals surface area contributed by atoms with Crippen molar-refractivity contribution in [2.75, 3.05) is 7.05 Å². The Morgan fingerprint density at radius 2 is 2.13 bits per heavy atom. The summed E-state index contributed by atoms with van der Waals surface area (Å²) in [7, 11) is 4.06. The van der Waals surface area contributed by atoms with Gasteiger partial charge in [0, 0.05) is 19.4 Å². The molecule has 1 aromatic rings. The van der Waals surface area contributed by atoms with E-state index in [0.717, 1.165) is 11.7 Å². The summed E-state index contributed by atoms with van der Waals surface area (Å²) in [5, 5.41) is 3.34. The summed E-state index contributed by atoms with van der Waals surface area (Å²) in [5.74, 6) is 1.94. The molecule has 0 spiro atoms. The van der Waals surface area contributed by atoms with Crippen molar-refractivity contribution in [3.05, 3.63) is 18.2 Å². The minimum Gasteiger partial charge on any atom is -0.337 e. The highest BCUT2D eigenvalue weighted by Gasteiger charge is 2.13. The molecule has 15 heavy (non-hydrogen) atoms. The highest BCUT2D eigenvalue weighted by molar-refractivity contribution is 4.98. The number of nitrogens with one attached hydrogen (secondary N) is 1. The summed E-state index contributed by atoms with van der Waals surface area (Å²) in [5.41, 5.74) is 0. The third-order valence-electron chi connectivity index (χ3n) is 2.79. The minimum absolute atomic E-state index is 0.392. The quantitative estimate of drug-likeness (QED) is 0.780. The molecular formula is C12H23N3. The van der Waals surface area contributed by atoms with Crippen molar-refractivity contribution >= 4 is 0 Å². The summed E-state index contributed by atoms with van der Waals surface area (Å²) in [6.45, 7) is 4.55. The monoisotopic (exact) mass is 209 g/mol. The van der Waals surface area contributed by atoms with E-state index in [1.165, 1.54) is 19.3 Å². The number of aryl methyl sites for hydroxylation is 1. The Bertz CT molecular complexity index is 278. The molecule has 3 heteroatoms. The lowest BCUT2D eigenvalue weighted by molar-refractivity contribution is 0.449. The maximum absolute atomic E-state index is 4.39. The zero-order valence-electron chi connectivity index (χ0n) is 10.3. The van der Waals surface area contributed by atoms with Gasteiger partial charge in [-0.15, -0.1) is 0 Å². The fraction of sp³-hybridized carbons (Fsp3) is 0.750. The molecule has 0 bridgehead atoms. The fourth-order valence-electron chi connectivity index (χ4n) is 1.85. The maximum Gasteiger partial charge on any atom is 0.125 e. The van der Waals surface area contributed by atoms with Crippen LogP contribution in [0.4, 0.5) is 0 Å². The Morgan fingerprint density at radius 3 is 2.60 bits per heavy atom. The predicted octanol–water partition coefficient (Wildman–Crippen LogP) is 2.51. The molecule has 0 saturated heterocycles. The van der Waals surface area contributed by atoms with Crippen LogP contribution in [0.1, 0.15) is 45.0 Å². The molecule has 1 heterocycles. The number of hydrogen-bond acceptors (Lipinski definition) is 2. The molecule has 1 atom stereocenters. The van der Waals surface area contributed by atoms with Crippen LogP contribution in [0.5, 0.6) is 0 Å². The molecule has 3 nitrogen and oxygen atoms in total. The first-order valence-corrected chi connectivity index (χ1v) is 5.79. The second-order valence-corrected chi connectivity index (χ2v) is 4.56. The lowest BCUT2D eigenvalue weighted by atomic mass is 10.0. The maximum atomic E-state index is 4.39. The van der Waals surface area contributed by atoms with Gasteiger partial charge in [0.2, 0.25) is 0 Å². The molecule has 0 aliphatic rings. The molecule has 1 rings (SSSR count). The van der Waals surface area contributed by atoms with Crippen LogP contribution in [-0.4, -0.2) is 16.6 Å². The number of aromatic nitrogens is 2. The summed E-state index contributed by atoms with van der Waals surface area (Å²) in [6.07, 6.45) is 7.59. The first-order valence-electron chi connectivity index (χ1n) is 5.79. The summed E-state index contributed by atoms with van der Waals surface area (Å²) in [6, 6.07) is 0.392. The van der Waals surface area contributed by atoms with Crippen LogP contribution in [0.25, 0.3) is 0 Å². The van der Waals surface area contributed by atoms with Crippen molar-refractivity contribution in [2.24, 2.45) is 13.0 Å². The molecule has 0 amide bonds. The smallest absolute Gasteiger partial charge is 0.125 e. The zero-order chi connectivity index (χ0) is 11.3. The van der Waals surface area contributed by atoms with Gasteiger partial charge in [-0.05, 0) is 19.4 Å². The van der Waals surface area contributed by atoms with Crippen molar-refractivity contribution in [3.8, 4) is 0 Å². The van der Waals surface area contributed by atoms with Crippen LogP contribution in [0, 0.1) is 5.92 Å². The van der Waals surface area contributed by atoms with Gasteiger partial charge >= 0.3 is 0 Å². The van der Waals surface area contributed by atoms with E-state index < -0.39 is 0 Å². The zero-order valence-corrected chi connectivity index (χ0v) is 10.3. The highest BCUT2D eigenvalue weighted by Crippen LogP contribution is 2.18. The molecule has 1 unspecified atom stereocenters. The standard InChI is InChI=1S/C12H23N3/c1-10(2)6-5-7-11(13-3)12-14-8-9-15(12)4/h8-11,13H,5-7H2,1-4H3. The lowest BCUT2D eigenvalue weighted by Gasteiger charge is -2.16. The van der Waals surface area contributed by atoms with Crippen molar-refractivity contribution in [3.63, 3.8) is 0 Å². The van der Waals surface area contributed by atoms with E-state index >= 15 is 0 Å². The largest absolute Gasteiger partial charge is 0.337 e. The second kappa shape index (κ2) is 5.91. The lowest BCUT2D eigenvalue weighted by Crippen LogP contribution is -2.20. The van der Waals surface area contributed by atoms with Crippen molar-refractivity contribution in [1.29, 1.82) is 0 Å². The Balaban J connectivity index is 2.46. The van der Waals surface area contributed by atoms with Crippen LogP contribution >= 0.6 is 0 Å². The Hall–Kier alpha value is -0.830. The fourth-order valence-corrected chi connectivity index (χ4v) is 1.85. The van der Waals surface area contributed by atoms with Gasteiger partial charge in [0.05, 0.1) is 6.04 Å².